The van der Waals surface area contributed by atoms with Gasteiger partial charge < -0.3 is 24.1 Å². The minimum absolute atomic E-state index is 0.126. The Kier molecular flexibility index (Phi) is 32.6. The standard InChI is InChI=1S/C36H66O9S/c1-31(2)32(3)28-34(38)18-8-5-4-6-12-26-46-27-13-7-9-16-33(37)17-10-11-20-43-24-25-44-23-15-22-42-21-14-19-35(39)29-45-30-36(40)41/h31-32H,4-30H2,1-3H3,(H,40,41). The van der Waals surface area contributed by atoms with E-state index in [9.17, 15) is 19.2 Å². The van der Waals surface area contributed by atoms with Crippen LogP contribution in [0.1, 0.15) is 130 Å². The van der Waals surface area contributed by atoms with Crippen molar-refractivity contribution in [1.82, 2.24) is 0 Å². The SMILES string of the molecule is CC(C)C(C)CC(=O)CCCCCCCSCCCCCC(=O)CCCCOCCOCCCOCCCC(=O)COCC(=O)O. The van der Waals surface area contributed by atoms with Crippen molar-refractivity contribution in [2.45, 2.75) is 130 Å². The molecule has 270 valence electrons. The second kappa shape index (κ2) is 33.6. The molecule has 0 saturated carbocycles. The Morgan fingerprint density at radius 3 is 1.61 bits per heavy atom. The lowest BCUT2D eigenvalue weighted by Crippen LogP contribution is -2.14. The Morgan fingerprint density at radius 1 is 0.500 bits per heavy atom. The van der Waals surface area contributed by atoms with Gasteiger partial charge in [-0.15, -0.1) is 0 Å². The number of carboxylic acids is 1. The molecule has 0 aliphatic carbocycles. The Labute approximate surface area is 284 Å². The molecule has 0 fully saturated rings. The molecule has 1 N–H and O–H groups in total. The van der Waals surface area contributed by atoms with Crippen LogP contribution in [0, 0.1) is 11.8 Å². The third kappa shape index (κ3) is 34.0. The average Bonchev–Trinajstić information content (AvgIpc) is 3.01. The van der Waals surface area contributed by atoms with E-state index < -0.39 is 12.6 Å². The summed E-state index contributed by atoms with van der Waals surface area (Å²) in [7, 11) is 0. The third-order valence-corrected chi connectivity index (χ3v) is 9.01. The molecule has 0 aliphatic heterocycles. The number of ether oxygens (including phenoxy) is 4. The summed E-state index contributed by atoms with van der Waals surface area (Å²) in [6.07, 6.45) is 15.6. The summed E-state index contributed by atoms with van der Waals surface area (Å²) in [5.74, 6) is 3.08. The van der Waals surface area contributed by atoms with Crippen LogP contribution in [0.5, 0.6) is 0 Å². The largest absolute Gasteiger partial charge is 0.480 e. The lowest BCUT2D eigenvalue weighted by molar-refractivity contribution is -0.143. The Morgan fingerprint density at radius 2 is 0.978 bits per heavy atom. The van der Waals surface area contributed by atoms with Crippen LogP contribution in [0.3, 0.4) is 0 Å². The molecule has 0 bridgehead atoms. The first-order valence-electron chi connectivity index (χ1n) is 17.9. The summed E-state index contributed by atoms with van der Waals surface area (Å²) < 4.78 is 21.3. The Bertz CT molecular complexity index is 760. The van der Waals surface area contributed by atoms with Crippen LogP contribution >= 0.6 is 11.8 Å². The molecule has 0 rings (SSSR count). The fraction of sp³-hybridized carbons (Fsp3) is 0.889. The van der Waals surface area contributed by atoms with Gasteiger partial charge in [0.25, 0.3) is 0 Å². The van der Waals surface area contributed by atoms with Gasteiger partial charge in [0.05, 0.1) is 13.2 Å². The van der Waals surface area contributed by atoms with Crippen molar-refractivity contribution < 1.29 is 43.2 Å². The van der Waals surface area contributed by atoms with E-state index in [1.54, 1.807) is 0 Å². The van der Waals surface area contributed by atoms with Crippen molar-refractivity contribution in [1.29, 1.82) is 0 Å². The predicted octanol–water partition coefficient (Wildman–Crippen LogP) is 7.50. The van der Waals surface area contributed by atoms with Crippen LogP contribution in [0.25, 0.3) is 0 Å². The van der Waals surface area contributed by atoms with E-state index >= 15 is 0 Å². The molecule has 9 nitrogen and oxygen atoms in total. The molecular weight excluding hydrogens is 608 g/mol. The molecule has 0 heterocycles. The van der Waals surface area contributed by atoms with Crippen LogP contribution in [-0.2, 0) is 38.1 Å². The van der Waals surface area contributed by atoms with Crippen molar-refractivity contribution in [3.05, 3.63) is 0 Å². The summed E-state index contributed by atoms with van der Waals surface area (Å²) >= 11 is 2.03. The van der Waals surface area contributed by atoms with E-state index in [4.69, 9.17) is 24.1 Å². The summed E-state index contributed by atoms with van der Waals surface area (Å²) in [5.41, 5.74) is 0. The molecule has 0 aliphatic rings. The molecule has 0 aromatic heterocycles. The second-order valence-corrected chi connectivity index (χ2v) is 13.8. The van der Waals surface area contributed by atoms with Crippen LogP contribution in [0.15, 0.2) is 0 Å². The number of carbonyl (C=O) groups excluding carboxylic acids is 3. The lowest BCUT2D eigenvalue weighted by atomic mass is 9.91. The molecule has 0 aromatic rings. The lowest BCUT2D eigenvalue weighted by Gasteiger charge is -2.14. The molecule has 1 atom stereocenters. The molecule has 0 radical (unpaired) electrons. The molecule has 0 amide bonds. The van der Waals surface area contributed by atoms with Crippen LogP contribution < -0.4 is 0 Å². The minimum atomic E-state index is -1.08. The molecule has 0 spiro atoms. The first-order chi connectivity index (χ1) is 22.2. The number of aliphatic carboxylic acids is 1. The van der Waals surface area contributed by atoms with Gasteiger partial charge in [0.1, 0.15) is 24.8 Å². The van der Waals surface area contributed by atoms with Crippen LogP contribution in [0.4, 0.5) is 0 Å². The first-order valence-corrected chi connectivity index (χ1v) is 19.0. The molecule has 46 heavy (non-hydrogen) atoms. The number of carbonyl (C=O) groups is 4. The fourth-order valence-electron chi connectivity index (χ4n) is 4.59. The maximum atomic E-state index is 12.1. The summed E-state index contributed by atoms with van der Waals surface area (Å²) in [6, 6.07) is 0. The van der Waals surface area contributed by atoms with Gasteiger partial charge in [-0.25, -0.2) is 4.79 Å². The highest BCUT2D eigenvalue weighted by atomic mass is 32.2. The smallest absolute Gasteiger partial charge is 0.329 e. The number of hydrogen-bond donors (Lipinski definition) is 1. The van der Waals surface area contributed by atoms with Gasteiger partial charge in [0.15, 0.2) is 5.78 Å². The Hall–Kier alpha value is -1.33. The van der Waals surface area contributed by atoms with Crippen molar-refractivity contribution in [3.63, 3.8) is 0 Å². The number of rotatable bonds is 37. The number of thioether (sulfide) groups is 1. The number of ketones is 3. The normalized spacial score (nSPS) is 12.1. The maximum absolute atomic E-state index is 12.1. The minimum Gasteiger partial charge on any atom is -0.480 e. The summed E-state index contributed by atoms with van der Waals surface area (Å²) in [6.45, 7) is 9.26. The highest BCUT2D eigenvalue weighted by Gasteiger charge is 2.12. The van der Waals surface area contributed by atoms with Gasteiger partial charge in [-0.3, -0.25) is 14.4 Å². The van der Waals surface area contributed by atoms with Gasteiger partial charge >= 0.3 is 5.97 Å². The zero-order valence-corrected chi connectivity index (χ0v) is 30.2. The summed E-state index contributed by atoms with van der Waals surface area (Å²) in [5, 5.41) is 8.45. The maximum Gasteiger partial charge on any atom is 0.329 e. The third-order valence-electron chi connectivity index (χ3n) is 7.85. The second-order valence-electron chi connectivity index (χ2n) is 12.6. The fourth-order valence-corrected chi connectivity index (χ4v) is 5.61. The van der Waals surface area contributed by atoms with Gasteiger partial charge in [0.2, 0.25) is 0 Å². The molecule has 0 aromatic carbocycles. The van der Waals surface area contributed by atoms with Crippen molar-refractivity contribution >= 4 is 35.1 Å². The van der Waals surface area contributed by atoms with Crippen LogP contribution in [0.2, 0.25) is 0 Å². The highest BCUT2D eigenvalue weighted by molar-refractivity contribution is 7.99. The molecular formula is C36H66O9S. The van der Waals surface area contributed by atoms with E-state index in [2.05, 4.69) is 20.8 Å². The van der Waals surface area contributed by atoms with E-state index in [0.717, 1.165) is 51.4 Å². The topological polar surface area (TPSA) is 125 Å². The zero-order valence-electron chi connectivity index (χ0n) is 29.4. The Balaban J connectivity index is 3.27. The van der Waals surface area contributed by atoms with E-state index in [1.165, 1.54) is 43.6 Å². The zero-order chi connectivity index (χ0) is 34.1. The summed E-state index contributed by atoms with van der Waals surface area (Å²) in [4.78, 5) is 45.9. The van der Waals surface area contributed by atoms with E-state index in [-0.39, 0.29) is 12.4 Å². The first kappa shape index (κ1) is 44.7. The van der Waals surface area contributed by atoms with E-state index in [1.807, 2.05) is 11.8 Å². The monoisotopic (exact) mass is 674 g/mol. The van der Waals surface area contributed by atoms with Gasteiger partial charge in [-0.2, -0.15) is 11.8 Å². The number of unbranched alkanes of at least 4 members (excludes halogenated alkanes) is 7. The molecule has 0 saturated heterocycles. The molecule has 1 unspecified atom stereocenters. The number of carboxylic acid groups (broad SMARTS) is 1. The van der Waals surface area contributed by atoms with Crippen molar-refractivity contribution in [2.24, 2.45) is 11.8 Å². The van der Waals surface area contributed by atoms with Crippen molar-refractivity contribution in [3.8, 4) is 0 Å². The predicted molar refractivity (Wildman–Crippen MR) is 186 cm³/mol. The van der Waals surface area contributed by atoms with Gasteiger partial charge in [-0.1, -0.05) is 46.5 Å². The average molecular weight is 675 g/mol. The van der Waals surface area contributed by atoms with Crippen LogP contribution in [-0.4, -0.2) is 92.8 Å². The van der Waals surface area contributed by atoms with E-state index in [0.29, 0.717) is 88.7 Å². The highest BCUT2D eigenvalue weighted by Crippen LogP contribution is 2.17. The van der Waals surface area contributed by atoms with Crippen molar-refractivity contribution in [2.75, 3.05) is 64.4 Å². The number of Topliss-reactive ketones (excluding diaryl/α,β-unsaturated/α-hetero) is 3. The number of hydrogen-bond acceptors (Lipinski definition) is 9. The quantitative estimate of drug-likeness (QED) is 0.0662. The van der Waals surface area contributed by atoms with Gasteiger partial charge in [0, 0.05) is 58.5 Å². The molecule has 10 heteroatoms. The van der Waals surface area contributed by atoms with Gasteiger partial charge in [-0.05, 0) is 74.7 Å².